The zero-order valence-corrected chi connectivity index (χ0v) is 25.5. The number of benzene rings is 2. The molecule has 1 saturated carbocycles. The smallest absolute Gasteiger partial charge is 0.411 e. The highest BCUT2D eigenvalue weighted by Gasteiger charge is 2.38. The SMILES string of the molecule is CC(C)(C)OC(=O)N1CCC[C@@H]1C(=O)OCC(=O)c1ccc2c(c1)COCc1cc(C(=O)COC(=O)C3CCCC3)ccc1-2. The van der Waals surface area contributed by atoms with Crippen LogP contribution >= 0.6 is 0 Å². The van der Waals surface area contributed by atoms with Gasteiger partial charge >= 0.3 is 18.0 Å². The highest BCUT2D eigenvalue weighted by atomic mass is 16.6. The summed E-state index contributed by atoms with van der Waals surface area (Å²) in [5, 5.41) is 0. The van der Waals surface area contributed by atoms with Crippen LogP contribution in [0.25, 0.3) is 11.1 Å². The molecule has 44 heavy (non-hydrogen) atoms. The third-order valence-corrected chi connectivity index (χ3v) is 8.19. The summed E-state index contributed by atoms with van der Waals surface area (Å²) >= 11 is 0. The first kappa shape index (κ1) is 31.4. The number of hydrogen-bond acceptors (Lipinski definition) is 9. The fourth-order valence-corrected chi connectivity index (χ4v) is 5.94. The molecule has 10 nitrogen and oxygen atoms in total. The zero-order chi connectivity index (χ0) is 31.4. The van der Waals surface area contributed by atoms with Gasteiger partial charge in [0.15, 0.2) is 24.8 Å². The van der Waals surface area contributed by atoms with Gasteiger partial charge < -0.3 is 18.9 Å². The standard InChI is InChI=1S/C34H39NO9/c1-34(2,3)44-33(40)35-14-6-9-28(35)32(39)43-20-30(37)23-11-13-27-25(16-23)18-41-17-24-15-22(10-12-26(24)27)29(36)19-42-31(38)21-7-4-5-8-21/h10-13,15-16,21,28H,4-9,14,17-20H2,1-3H3/t28-/m1/s1. The fourth-order valence-electron chi connectivity index (χ4n) is 5.94. The molecule has 1 saturated heterocycles. The van der Waals surface area contributed by atoms with Crippen LogP contribution in [-0.4, -0.2) is 65.9 Å². The first-order valence-corrected chi connectivity index (χ1v) is 15.2. The predicted molar refractivity (Wildman–Crippen MR) is 159 cm³/mol. The van der Waals surface area contributed by atoms with E-state index in [0.717, 1.165) is 47.9 Å². The van der Waals surface area contributed by atoms with Crippen molar-refractivity contribution < 1.29 is 42.9 Å². The molecule has 2 fully saturated rings. The Morgan fingerprint density at radius 2 is 1.32 bits per heavy atom. The monoisotopic (exact) mass is 605 g/mol. The van der Waals surface area contributed by atoms with E-state index in [-0.39, 0.29) is 43.3 Å². The average Bonchev–Trinajstić information content (AvgIpc) is 3.68. The largest absolute Gasteiger partial charge is 0.457 e. The number of Topliss-reactive ketones (excluding diaryl/α,β-unsaturated/α-hetero) is 2. The Hall–Kier alpha value is -4.05. The Bertz CT molecular complexity index is 1450. The lowest BCUT2D eigenvalue weighted by Gasteiger charge is -2.27. The maximum atomic E-state index is 13.0. The van der Waals surface area contributed by atoms with Crippen LogP contribution < -0.4 is 0 Å². The molecule has 0 bridgehead atoms. The molecule has 2 heterocycles. The van der Waals surface area contributed by atoms with E-state index in [1.807, 2.05) is 12.1 Å². The van der Waals surface area contributed by atoms with E-state index >= 15 is 0 Å². The van der Waals surface area contributed by atoms with Crippen LogP contribution in [0.2, 0.25) is 0 Å². The van der Waals surface area contributed by atoms with Crippen LogP contribution in [0.5, 0.6) is 0 Å². The Morgan fingerprint density at radius 3 is 1.86 bits per heavy atom. The van der Waals surface area contributed by atoms with Gasteiger partial charge in [0.25, 0.3) is 0 Å². The third-order valence-electron chi connectivity index (χ3n) is 8.19. The van der Waals surface area contributed by atoms with E-state index in [1.165, 1.54) is 4.90 Å². The van der Waals surface area contributed by atoms with E-state index in [1.54, 1.807) is 45.0 Å². The minimum Gasteiger partial charge on any atom is -0.457 e. The summed E-state index contributed by atoms with van der Waals surface area (Å²) in [6, 6.07) is 9.75. The Labute approximate surface area is 257 Å². The first-order valence-electron chi connectivity index (χ1n) is 15.2. The van der Waals surface area contributed by atoms with Gasteiger partial charge in [0.05, 0.1) is 19.1 Å². The van der Waals surface area contributed by atoms with Crippen LogP contribution in [0, 0.1) is 5.92 Å². The number of rotatable bonds is 8. The highest BCUT2D eigenvalue weighted by molar-refractivity contribution is 6.00. The maximum Gasteiger partial charge on any atom is 0.411 e. The number of esters is 2. The minimum absolute atomic E-state index is 0.106. The van der Waals surface area contributed by atoms with Crippen molar-refractivity contribution in [2.24, 2.45) is 5.92 Å². The number of amides is 1. The summed E-state index contributed by atoms with van der Waals surface area (Å²) in [6.07, 6.45) is 4.17. The second-order valence-electron chi connectivity index (χ2n) is 12.6. The van der Waals surface area contributed by atoms with Crippen LogP contribution in [0.3, 0.4) is 0 Å². The van der Waals surface area contributed by atoms with Crippen molar-refractivity contribution in [1.82, 2.24) is 4.90 Å². The number of ketones is 2. The van der Waals surface area contributed by atoms with Crippen LogP contribution in [0.1, 0.15) is 91.1 Å². The summed E-state index contributed by atoms with van der Waals surface area (Å²) in [5.41, 5.74) is 3.48. The summed E-state index contributed by atoms with van der Waals surface area (Å²) in [6.45, 7) is 5.43. The molecule has 234 valence electrons. The Morgan fingerprint density at radius 1 is 0.773 bits per heavy atom. The van der Waals surface area contributed by atoms with Gasteiger partial charge in [0, 0.05) is 17.7 Å². The van der Waals surface area contributed by atoms with E-state index < -0.39 is 30.3 Å². The lowest BCUT2D eigenvalue weighted by Crippen LogP contribution is -2.44. The molecule has 0 unspecified atom stereocenters. The van der Waals surface area contributed by atoms with Gasteiger partial charge in [-0.3, -0.25) is 19.3 Å². The van der Waals surface area contributed by atoms with Gasteiger partial charge in [-0.25, -0.2) is 9.59 Å². The van der Waals surface area contributed by atoms with Crippen molar-refractivity contribution in [2.75, 3.05) is 19.8 Å². The average molecular weight is 606 g/mol. The summed E-state index contributed by atoms with van der Waals surface area (Å²) in [4.78, 5) is 64.7. The molecule has 2 aliphatic heterocycles. The zero-order valence-electron chi connectivity index (χ0n) is 25.5. The number of hydrogen-bond donors (Lipinski definition) is 0. The lowest BCUT2D eigenvalue weighted by atomic mass is 9.93. The van der Waals surface area contributed by atoms with Gasteiger partial charge in [-0.15, -0.1) is 0 Å². The van der Waals surface area contributed by atoms with E-state index in [9.17, 15) is 24.0 Å². The van der Waals surface area contributed by atoms with E-state index in [2.05, 4.69) is 0 Å². The number of fused-ring (bicyclic) bond motifs is 3. The number of ether oxygens (including phenoxy) is 4. The third kappa shape index (κ3) is 7.35. The molecule has 0 N–H and O–H groups in total. The van der Waals surface area contributed by atoms with Crippen molar-refractivity contribution in [3.63, 3.8) is 0 Å². The first-order chi connectivity index (χ1) is 21.0. The number of nitrogens with zero attached hydrogens (tertiary/aromatic N) is 1. The van der Waals surface area contributed by atoms with Crippen LogP contribution in [-0.2, 0) is 41.8 Å². The van der Waals surface area contributed by atoms with Crippen LogP contribution in [0.15, 0.2) is 36.4 Å². The lowest BCUT2D eigenvalue weighted by molar-refractivity contribution is -0.148. The molecule has 0 spiro atoms. The van der Waals surface area contributed by atoms with Crippen molar-refractivity contribution >= 4 is 29.6 Å². The Kier molecular flexibility index (Phi) is 9.48. The molecule has 0 radical (unpaired) electrons. The summed E-state index contributed by atoms with van der Waals surface area (Å²) < 4.78 is 21.9. The van der Waals surface area contributed by atoms with Gasteiger partial charge in [-0.2, -0.15) is 0 Å². The highest BCUT2D eigenvalue weighted by Crippen LogP contribution is 2.33. The second-order valence-corrected chi connectivity index (χ2v) is 12.6. The van der Waals surface area contributed by atoms with E-state index in [0.29, 0.717) is 30.5 Å². The minimum atomic E-state index is -0.786. The summed E-state index contributed by atoms with van der Waals surface area (Å²) in [5.74, 6) is -1.69. The molecule has 1 atom stereocenters. The van der Waals surface area contributed by atoms with Crippen molar-refractivity contribution in [2.45, 2.75) is 84.2 Å². The number of likely N-dealkylation sites (tertiary alicyclic amines) is 1. The van der Waals surface area contributed by atoms with Gasteiger partial charge in [-0.1, -0.05) is 37.1 Å². The molecule has 0 aromatic heterocycles. The van der Waals surface area contributed by atoms with E-state index in [4.69, 9.17) is 18.9 Å². The van der Waals surface area contributed by atoms with Crippen LogP contribution in [0.4, 0.5) is 4.79 Å². The topological polar surface area (TPSA) is 126 Å². The molecule has 1 amide bonds. The molecular weight excluding hydrogens is 566 g/mol. The molecular formula is C34H39NO9. The molecule has 2 aromatic rings. The quantitative estimate of drug-likeness (QED) is 0.220. The molecule has 3 aliphatic rings. The maximum absolute atomic E-state index is 13.0. The van der Waals surface area contributed by atoms with Gasteiger partial charge in [0.2, 0.25) is 0 Å². The van der Waals surface area contributed by atoms with Gasteiger partial charge in [0.1, 0.15) is 11.6 Å². The number of carbonyl (C=O) groups is 5. The molecule has 5 rings (SSSR count). The molecule has 1 aliphatic carbocycles. The predicted octanol–water partition coefficient (Wildman–Crippen LogP) is 5.43. The van der Waals surface area contributed by atoms with Crippen molar-refractivity contribution in [3.05, 3.63) is 58.7 Å². The molecule has 2 aromatic carbocycles. The van der Waals surface area contributed by atoms with Crippen molar-refractivity contribution in [1.29, 1.82) is 0 Å². The Balaban J connectivity index is 1.21. The fraction of sp³-hybridized carbons (Fsp3) is 0.500. The normalized spacial score (nSPS) is 18.2. The summed E-state index contributed by atoms with van der Waals surface area (Å²) in [7, 11) is 0. The number of carbonyl (C=O) groups excluding carboxylic acids is 5. The van der Waals surface area contributed by atoms with Crippen molar-refractivity contribution in [3.8, 4) is 11.1 Å². The molecule has 10 heteroatoms. The second kappa shape index (κ2) is 13.3. The van der Waals surface area contributed by atoms with Gasteiger partial charge in [-0.05, 0) is 80.8 Å².